The van der Waals surface area contributed by atoms with Gasteiger partial charge in [-0.25, -0.2) is 0 Å². The zero-order chi connectivity index (χ0) is 35.1. The first-order valence-electron chi connectivity index (χ1n) is 16.2. The van der Waals surface area contributed by atoms with Gasteiger partial charge in [-0.1, -0.05) is 108 Å². The zero-order valence-corrected chi connectivity index (χ0v) is 31.6. The monoisotopic (exact) mass is 742 g/mol. The smallest absolute Gasteiger partial charge is 0.128 e. The van der Waals surface area contributed by atoms with Gasteiger partial charge in [0.2, 0.25) is 0 Å². The number of hydrogen-bond donors (Lipinski definition) is 2. The largest absolute Gasteiger partial charge is 0.872 e. The van der Waals surface area contributed by atoms with Crippen LogP contribution in [-0.4, -0.2) is 34.7 Å². The van der Waals surface area contributed by atoms with Crippen molar-refractivity contribution in [3.63, 3.8) is 0 Å². The van der Waals surface area contributed by atoms with Crippen LogP contribution >= 0.6 is 23.2 Å². The van der Waals surface area contributed by atoms with Crippen LogP contribution in [0.1, 0.15) is 89.5 Å². The van der Waals surface area contributed by atoms with Gasteiger partial charge in [-0.15, -0.1) is 5.75 Å². The third-order valence-corrected chi connectivity index (χ3v) is 8.57. The number of benzene rings is 4. The molecule has 0 aliphatic heterocycles. The molecule has 0 bridgehead atoms. The summed E-state index contributed by atoms with van der Waals surface area (Å²) < 4.78 is 5.49. The van der Waals surface area contributed by atoms with E-state index in [2.05, 4.69) is 0 Å². The van der Waals surface area contributed by atoms with Crippen molar-refractivity contribution in [1.29, 1.82) is 0 Å². The Morgan fingerprint density at radius 1 is 0.673 bits per heavy atom. The van der Waals surface area contributed by atoms with Crippen LogP contribution in [0.2, 0.25) is 10.0 Å². The predicted molar refractivity (Wildman–Crippen MR) is 197 cm³/mol. The molecule has 0 spiro atoms. The molecule has 4 aromatic carbocycles. The molecule has 261 valence electrons. The Morgan fingerprint density at radius 3 is 1.49 bits per heavy atom. The fourth-order valence-corrected chi connectivity index (χ4v) is 5.96. The molecule has 0 amide bonds. The summed E-state index contributed by atoms with van der Waals surface area (Å²) in [5.74, 6) is 1.87. The Bertz CT molecular complexity index is 1640. The van der Waals surface area contributed by atoms with Crippen LogP contribution in [0.4, 0.5) is 0 Å². The normalized spacial score (nSPS) is 16.6. The SMILES string of the molecule is CC(C)(C)c1cc(Cl)cc(C=NC2CCCCC2N=Cc2cc(Cl)cc(C(C)(C)C)c2O)c1O.[Mn].[O-]c1ccc(Oc2ccccc2)cc1. The van der Waals surface area contributed by atoms with Crippen molar-refractivity contribution in [3.05, 3.63) is 111 Å². The average molecular weight is 744 g/mol. The summed E-state index contributed by atoms with van der Waals surface area (Å²) in [6, 6.07) is 22.8. The molecular formula is C40H45Cl2MnN2O4-. The summed E-state index contributed by atoms with van der Waals surface area (Å²) in [6.07, 6.45) is 7.45. The molecular weight excluding hydrogens is 698 g/mol. The Kier molecular flexibility index (Phi) is 14.2. The molecule has 6 nitrogen and oxygen atoms in total. The van der Waals surface area contributed by atoms with Gasteiger partial charge < -0.3 is 20.1 Å². The molecule has 49 heavy (non-hydrogen) atoms. The Labute approximate surface area is 311 Å². The van der Waals surface area contributed by atoms with Gasteiger partial charge in [-0.05, 0) is 72.2 Å². The zero-order valence-electron chi connectivity index (χ0n) is 28.9. The number of phenolic OH excluding ortho intramolecular Hbond substituents is 2. The van der Waals surface area contributed by atoms with Gasteiger partial charge in [0.25, 0.3) is 0 Å². The Morgan fingerprint density at radius 2 is 1.08 bits per heavy atom. The van der Waals surface area contributed by atoms with Crippen molar-refractivity contribution in [3.8, 4) is 28.7 Å². The number of aliphatic imine (C=N–C) groups is 2. The maximum atomic E-state index is 10.8. The topological polar surface area (TPSA) is 97.5 Å². The van der Waals surface area contributed by atoms with E-state index in [0.717, 1.165) is 42.6 Å². The number of aromatic hydroxyl groups is 2. The minimum absolute atomic E-state index is 0. The van der Waals surface area contributed by atoms with Gasteiger partial charge >= 0.3 is 0 Å². The van der Waals surface area contributed by atoms with E-state index >= 15 is 0 Å². The van der Waals surface area contributed by atoms with Crippen molar-refractivity contribution in [1.82, 2.24) is 0 Å². The van der Waals surface area contributed by atoms with Crippen LogP contribution in [0.25, 0.3) is 0 Å². The van der Waals surface area contributed by atoms with E-state index in [4.69, 9.17) is 37.9 Å². The van der Waals surface area contributed by atoms with Crippen molar-refractivity contribution < 1.29 is 37.1 Å². The first kappa shape index (κ1) is 40.0. The molecule has 0 saturated heterocycles. The molecule has 1 fully saturated rings. The van der Waals surface area contributed by atoms with Crippen LogP contribution < -0.4 is 9.84 Å². The number of phenols is 2. The first-order valence-corrected chi connectivity index (χ1v) is 17.0. The fraction of sp³-hybridized carbons (Fsp3) is 0.350. The molecule has 0 heterocycles. The molecule has 1 saturated carbocycles. The van der Waals surface area contributed by atoms with Crippen molar-refractivity contribution in [2.75, 3.05) is 0 Å². The second-order valence-corrected chi connectivity index (χ2v) is 15.0. The summed E-state index contributed by atoms with van der Waals surface area (Å²) in [6.45, 7) is 12.3. The summed E-state index contributed by atoms with van der Waals surface area (Å²) in [5.41, 5.74) is 2.36. The standard InChI is InChI=1S/C28H36Cl2N2O2.C12H10O2.Mn/c1-27(2,3)21-13-19(29)11-17(25(21)33)15-31-23-9-7-8-10-24(23)32-16-18-12-20(30)14-22(26(18)34)28(4,5)6;13-10-6-8-12(9-7-10)14-11-4-2-1-3-5-11;/h11-16,23-24,33-34H,7-10H2,1-6H3;1-9,13H;/p-1. The van der Waals surface area contributed by atoms with E-state index in [9.17, 15) is 15.3 Å². The van der Waals surface area contributed by atoms with Crippen LogP contribution in [0.3, 0.4) is 0 Å². The second-order valence-electron chi connectivity index (χ2n) is 14.1. The van der Waals surface area contributed by atoms with Crippen molar-refractivity contribution in [2.24, 2.45) is 9.98 Å². The number of hydrogen-bond acceptors (Lipinski definition) is 6. The van der Waals surface area contributed by atoms with Gasteiger partial charge in [-0.3, -0.25) is 9.98 Å². The molecule has 5 rings (SSSR count). The summed E-state index contributed by atoms with van der Waals surface area (Å²) in [7, 11) is 0. The fourth-order valence-electron chi connectivity index (χ4n) is 5.50. The molecule has 2 N–H and O–H groups in total. The van der Waals surface area contributed by atoms with Gasteiger partial charge in [0.15, 0.2) is 0 Å². The maximum Gasteiger partial charge on any atom is 0.128 e. The molecule has 2 unspecified atom stereocenters. The number of para-hydroxylation sites is 1. The van der Waals surface area contributed by atoms with E-state index < -0.39 is 0 Å². The minimum atomic E-state index is -0.236. The third-order valence-electron chi connectivity index (χ3n) is 8.13. The maximum absolute atomic E-state index is 10.8. The van der Waals surface area contributed by atoms with Gasteiger partial charge in [0, 0.05) is 61.8 Å². The summed E-state index contributed by atoms with van der Waals surface area (Å²) >= 11 is 12.7. The Balaban J connectivity index is 0.000000361. The van der Waals surface area contributed by atoms with Crippen LogP contribution in [0, 0.1) is 0 Å². The molecule has 4 aromatic rings. The molecule has 1 aliphatic rings. The minimum Gasteiger partial charge on any atom is -0.872 e. The van der Waals surface area contributed by atoms with E-state index in [1.165, 1.54) is 12.1 Å². The van der Waals surface area contributed by atoms with E-state index in [0.29, 0.717) is 26.9 Å². The van der Waals surface area contributed by atoms with Gasteiger partial charge in [0.05, 0.1) is 12.1 Å². The van der Waals surface area contributed by atoms with Crippen LogP contribution in [0.5, 0.6) is 28.7 Å². The van der Waals surface area contributed by atoms with Gasteiger partial charge in [-0.2, -0.15) is 0 Å². The van der Waals surface area contributed by atoms with Crippen LogP contribution in [0.15, 0.2) is 88.8 Å². The quantitative estimate of drug-likeness (QED) is 0.152. The second kappa shape index (κ2) is 17.4. The van der Waals surface area contributed by atoms with Gasteiger partial charge in [0.1, 0.15) is 23.0 Å². The summed E-state index contributed by atoms with van der Waals surface area (Å²) in [4.78, 5) is 9.65. The van der Waals surface area contributed by atoms with E-state index in [1.54, 1.807) is 36.7 Å². The molecule has 0 aromatic heterocycles. The number of rotatable bonds is 6. The third kappa shape index (κ3) is 11.5. The number of nitrogens with zero attached hydrogens (tertiary/aromatic N) is 2. The summed E-state index contributed by atoms with van der Waals surface area (Å²) in [5, 5.41) is 33.6. The Hall–Kier alpha value is -3.48. The molecule has 1 radical (unpaired) electrons. The van der Waals surface area contributed by atoms with Crippen molar-refractivity contribution >= 4 is 35.6 Å². The number of halogens is 2. The van der Waals surface area contributed by atoms with E-state index in [1.807, 2.05) is 84.0 Å². The van der Waals surface area contributed by atoms with Crippen LogP contribution in [-0.2, 0) is 27.9 Å². The van der Waals surface area contributed by atoms with E-state index in [-0.39, 0.29) is 57.2 Å². The molecule has 2 atom stereocenters. The van der Waals surface area contributed by atoms with Crippen molar-refractivity contribution in [2.45, 2.75) is 90.1 Å². The average Bonchev–Trinajstić information content (AvgIpc) is 3.03. The molecule has 9 heteroatoms. The predicted octanol–water partition coefficient (Wildman–Crippen LogP) is 10.4. The number of ether oxygens (including phenoxy) is 1. The molecule has 1 aliphatic carbocycles. The first-order chi connectivity index (χ1) is 22.6.